The van der Waals surface area contributed by atoms with Gasteiger partial charge in [-0.2, -0.15) is 0 Å². The molecule has 0 unspecified atom stereocenters. The quantitative estimate of drug-likeness (QED) is 0.762. The number of hydrogen-bond donors (Lipinski definition) is 2. The van der Waals surface area contributed by atoms with E-state index in [0.29, 0.717) is 0 Å². The number of pyridine rings is 1. The minimum atomic E-state index is -0.435. The fourth-order valence-corrected chi connectivity index (χ4v) is 1.98. The second-order valence-corrected chi connectivity index (χ2v) is 3.81. The topological polar surface area (TPSA) is 54.4 Å². The van der Waals surface area contributed by atoms with Gasteiger partial charge in [-0.3, -0.25) is 4.98 Å². The number of aliphatic hydroxyl groups is 1. The minimum absolute atomic E-state index is 0.119. The van der Waals surface area contributed by atoms with Gasteiger partial charge in [0.1, 0.15) is 18.0 Å². The SMILES string of the molecule is CN[C@@H]1CC[C@@H](Oc2cccnc2)[C@@H]1O. The van der Waals surface area contributed by atoms with Gasteiger partial charge in [0.15, 0.2) is 0 Å². The van der Waals surface area contributed by atoms with E-state index in [0.717, 1.165) is 18.6 Å². The molecule has 0 amide bonds. The number of aromatic nitrogens is 1. The first kappa shape index (κ1) is 10.4. The van der Waals surface area contributed by atoms with Crippen LogP contribution in [-0.2, 0) is 0 Å². The fraction of sp³-hybridized carbons (Fsp3) is 0.545. The first-order chi connectivity index (χ1) is 7.31. The van der Waals surface area contributed by atoms with Gasteiger partial charge in [0, 0.05) is 12.2 Å². The predicted octanol–water partition coefficient (Wildman–Crippen LogP) is 0.572. The van der Waals surface area contributed by atoms with E-state index in [1.165, 1.54) is 0 Å². The number of rotatable bonds is 3. The Balaban J connectivity index is 1.96. The summed E-state index contributed by atoms with van der Waals surface area (Å²) in [6.45, 7) is 0. The van der Waals surface area contributed by atoms with E-state index >= 15 is 0 Å². The Morgan fingerprint density at radius 2 is 2.40 bits per heavy atom. The van der Waals surface area contributed by atoms with Crippen LogP contribution in [-0.4, -0.2) is 35.4 Å². The van der Waals surface area contributed by atoms with Gasteiger partial charge in [-0.1, -0.05) is 0 Å². The maximum Gasteiger partial charge on any atom is 0.138 e. The summed E-state index contributed by atoms with van der Waals surface area (Å²) in [5, 5.41) is 13.0. The van der Waals surface area contributed by atoms with Crippen molar-refractivity contribution < 1.29 is 9.84 Å². The minimum Gasteiger partial charge on any atom is -0.486 e. The van der Waals surface area contributed by atoms with Crippen LogP contribution in [0.25, 0.3) is 0 Å². The lowest BCUT2D eigenvalue weighted by atomic mass is 10.2. The molecule has 1 fully saturated rings. The molecular formula is C11H16N2O2. The van der Waals surface area contributed by atoms with Crippen LogP contribution < -0.4 is 10.1 Å². The van der Waals surface area contributed by atoms with Crippen molar-refractivity contribution in [2.45, 2.75) is 31.1 Å². The lowest BCUT2D eigenvalue weighted by molar-refractivity contribution is 0.0465. The molecule has 0 saturated heterocycles. The highest BCUT2D eigenvalue weighted by Crippen LogP contribution is 2.24. The number of likely N-dealkylation sites (N-methyl/N-ethyl adjacent to an activating group) is 1. The standard InChI is InChI=1S/C11H16N2O2/c1-12-9-4-5-10(11(9)14)15-8-3-2-6-13-7-8/h2-3,6-7,9-12,14H,4-5H2,1H3/t9-,10-,11-/m1/s1. The third-order valence-corrected chi connectivity index (χ3v) is 2.85. The van der Waals surface area contributed by atoms with Crippen LogP contribution in [0.3, 0.4) is 0 Å². The van der Waals surface area contributed by atoms with Crippen LogP contribution in [0, 0.1) is 0 Å². The molecule has 1 aliphatic carbocycles. The third kappa shape index (κ3) is 2.27. The number of ether oxygens (including phenoxy) is 1. The maximum atomic E-state index is 9.90. The van der Waals surface area contributed by atoms with Crippen LogP contribution in [0.2, 0.25) is 0 Å². The van der Waals surface area contributed by atoms with E-state index in [-0.39, 0.29) is 12.1 Å². The van der Waals surface area contributed by atoms with Gasteiger partial charge in [-0.15, -0.1) is 0 Å². The smallest absolute Gasteiger partial charge is 0.138 e. The van der Waals surface area contributed by atoms with Gasteiger partial charge in [-0.05, 0) is 32.0 Å². The molecule has 82 valence electrons. The number of aliphatic hydroxyl groups excluding tert-OH is 1. The van der Waals surface area contributed by atoms with Gasteiger partial charge < -0.3 is 15.2 Å². The Labute approximate surface area is 89.3 Å². The summed E-state index contributed by atoms with van der Waals surface area (Å²) < 4.78 is 5.67. The highest BCUT2D eigenvalue weighted by molar-refractivity contribution is 5.16. The zero-order valence-electron chi connectivity index (χ0n) is 8.76. The van der Waals surface area contributed by atoms with Crippen LogP contribution in [0.5, 0.6) is 5.75 Å². The van der Waals surface area contributed by atoms with Crippen molar-refractivity contribution in [2.75, 3.05) is 7.05 Å². The van der Waals surface area contributed by atoms with Crippen molar-refractivity contribution in [3.05, 3.63) is 24.5 Å². The molecule has 1 aromatic heterocycles. The van der Waals surface area contributed by atoms with E-state index < -0.39 is 6.10 Å². The average Bonchev–Trinajstić information content (AvgIpc) is 2.62. The molecule has 4 heteroatoms. The summed E-state index contributed by atoms with van der Waals surface area (Å²) in [6.07, 6.45) is 4.64. The van der Waals surface area contributed by atoms with Crippen LogP contribution in [0.1, 0.15) is 12.8 Å². The highest BCUT2D eigenvalue weighted by Gasteiger charge is 2.35. The fourth-order valence-electron chi connectivity index (χ4n) is 1.98. The average molecular weight is 208 g/mol. The molecule has 0 bridgehead atoms. The molecular weight excluding hydrogens is 192 g/mol. The molecule has 2 rings (SSSR count). The summed E-state index contributed by atoms with van der Waals surface area (Å²) in [5.74, 6) is 0.721. The molecule has 15 heavy (non-hydrogen) atoms. The van der Waals surface area contributed by atoms with Crippen LogP contribution >= 0.6 is 0 Å². The molecule has 0 radical (unpaired) electrons. The predicted molar refractivity (Wildman–Crippen MR) is 56.7 cm³/mol. The molecule has 2 N–H and O–H groups in total. The molecule has 3 atom stereocenters. The molecule has 0 spiro atoms. The molecule has 4 nitrogen and oxygen atoms in total. The van der Waals surface area contributed by atoms with Crippen molar-refractivity contribution in [2.24, 2.45) is 0 Å². The van der Waals surface area contributed by atoms with Crippen molar-refractivity contribution in [3.8, 4) is 5.75 Å². The van der Waals surface area contributed by atoms with Crippen molar-refractivity contribution in [3.63, 3.8) is 0 Å². The number of hydrogen-bond acceptors (Lipinski definition) is 4. The summed E-state index contributed by atoms with van der Waals surface area (Å²) >= 11 is 0. The van der Waals surface area contributed by atoms with Crippen LogP contribution in [0.15, 0.2) is 24.5 Å². The number of nitrogens with one attached hydrogen (secondary N) is 1. The first-order valence-corrected chi connectivity index (χ1v) is 5.23. The maximum absolute atomic E-state index is 9.90. The van der Waals surface area contributed by atoms with Gasteiger partial charge >= 0.3 is 0 Å². The zero-order chi connectivity index (χ0) is 10.7. The highest BCUT2D eigenvalue weighted by atomic mass is 16.5. The van der Waals surface area contributed by atoms with E-state index in [9.17, 15) is 5.11 Å². The summed E-state index contributed by atoms with van der Waals surface area (Å²) in [7, 11) is 1.86. The molecule has 0 aromatic carbocycles. The van der Waals surface area contributed by atoms with Gasteiger partial charge in [0.05, 0.1) is 6.20 Å². The first-order valence-electron chi connectivity index (χ1n) is 5.23. The Hall–Kier alpha value is -1.13. The summed E-state index contributed by atoms with van der Waals surface area (Å²) in [5.41, 5.74) is 0. The van der Waals surface area contributed by atoms with Crippen molar-refractivity contribution in [1.29, 1.82) is 0 Å². The largest absolute Gasteiger partial charge is 0.486 e. The zero-order valence-corrected chi connectivity index (χ0v) is 8.76. The molecule has 1 aliphatic rings. The van der Waals surface area contributed by atoms with Crippen LogP contribution in [0.4, 0.5) is 0 Å². The van der Waals surface area contributed by atoms with Gasteiger partial charge in [0.25, 0.3) is 0 Å². The van der Waals surface area contributed by atoms with Crippen molar-refractivity contribution in [1.82, 2.24) is 10.3 Å². The van der Waals surface area contributed by atoms with E-state index in [1.54, 1.807) is 12.4 Å². The molecule has 1 aromatic rings. The Bertz CT molecular complexity index is 305. The summed E-state index contributed by atoms with van der Waals surface area (Å²) in [4.78, 5) is 3.97. The second kappa shape index (κ2) is 4.59. The number of nitrogens with zero attached hydrogens (tertiary/aromatic N) is 1. The van der Waals surface area contributed by atoms with E-state index in [2.05, 4.69) is 10.3 Å². The molecule has 1 saturated carbocycles. The van der Waals surface area contributed by atoms with E-state index in [1.807, 2.05) is 19.2 Å². The van der Waals surface area contributed by atoms with E-state index in [4.69, 9.17) is 4.74 Å². The lowest BCUT2D eigenvalue weighted by Gasteiger charge is -2.20. The summed E-state index contributed by atoms with van der Waals surface area (Å²) in [6, 6.07) is 3.82. The van der Waals surface area contributed by atoms with Gasteiger partial charge in [0.2, 0.25) is 0 Å². The third-order valence-electron chi connectivity index (χ3n) is 2.85. The van der Waals surface area contributed by atoms with Crippen molar-refractivity contribution >= 4 is 0 Å². The second-order valence-electron chi connectivity index (χ2n) is 3.81. The lowest BCUT2D eigenvalue weighted by Crippen LogP contribution is -2.39. The monoisotopic (exact) mass is 208 g/mol. The Morgan fingerprint density at radius 3 is 3.00 bits per heavy atom. The Kier molecular flexibility index (Phi) is 3.18. The Morgan fingerprint density at radius 1 is 1.53 bits per heavy atom. The van der Waals surface area contributed by atoms with Gasteiger partial charge in [-0.25, -0.2) is 0 Å². The molecule has 1 heterocycles. The molecule has 0 aliphatic heterocycles. The normalized spacial score (nSPS) is 30.4.